The number of morpholine rings is 1. The zero-order chi connectivity index (χ0) is 9.80. The maximum atomic E-state index is 5.36. The van der Waals surface area contributed by atoms with E-state index in [1.165, 1.54) is 0 Å². The Labute approximate surface area is 83.4 Å². The van der Waals surface area contributed by atoms with Gasteiger partial charge in [-0.25, -0.2) is 0 Å². The predicted octanol–water partition coefficient (Wildman–Crippen LogP) is -0.180. The number of rotatable bonds is 3. The molecule has 2 rings (SSSR count). The highest BCUT2D eigenvalue weighted by Crippen LogP contribution is 2.03. The van der Waals surface area contributed by atoms with E-state index in [-0.39, 0.29) is 0 Å². The average molecular weight is 196 g/mol. The highest BCUT2D eigenvalue weighted by molar-refractivity contribution is 5.33. The predicted molar refractivity (Wildman–Crippen MR) is 54.3 cm³/mol. The van der Waals surface area contributed by atoms with E-state index in [9.17, 15) is 0 Å². The first-order valence-electron chi connectivity index (χ1n) is 4.89. The molecule has 1 fully saturated rings. The average Bonchev–Trinajstić information content (AvgIpc) is 2.63. The van der Waals surface area contributed by atoms with Gasteiger partial charge in [0, 0.05) is 32.2 Å². The van der Waals surface area contributed by atoms with Gasteiger partial charge in [-0.3, -0.25) is 4.68 Å². The van der Waals surface area contributed by atoms with Crippen molar-refractivity contribution in [2.45, 2.75) is 6.04 Å². The van der Waals surface area contributed by atoms with Crippen LogP contribution >= 0.6 is 0 Å². The number of hydrogen-bond acceptors (Lipinski definition) is 4. The van der Waals surface area contributed by atoms with Gasteiger partial charge in [-0.2, -0.15) is 5.10 Å². The molecular formula is C9H16N4O. The number of hydrogen-bond donors (Lipinski definition) is 2. The second kappa shape index (κ2) is 4.43. The first kappa shape index (κ1) is 9.48. The fraction of sp³-hybridized carbons (Fsp3) is 0.667. The molecule has 1 aliphatic heterocycles. The third-order valence-corrected chi connectivity index (χ3v) is 2.35. The lowest BCUT2D eigenvalue weighted by Gasteiger charge is -2.24. The SMILES string of the molecule is Cn1nccc1NCC1COCCN1. The molecule has 14 heavy (non-hydrogen) atoms. The number of aromatic nitrogens is 2. The maximum Gasteiger partial charge on any atom is 0.123 e. The lowest BCUT2D eigenvalue weighted by atomic mass is 10.3. The summed E-state index contributed by atoms with van der Waals surface area (Å²) in [6.07, 6.45) is 1.78. The molecule has 0 amide bonds. The van der Waals surface area contributed by atoms with E-state index >= 15 is 0 Å². The van der Waals surface area contributed by atoms with Gasteiger partial charge in [0.15, 0.2) is 0 Å². The molecule has 1 aromatic rings. The summed E-state index contributed by atoms with van der Waals surface area (Å²) < 4.78 is 7.18. The Kier molecular flexibility index (Phi) is 3.00. The van der Waals surface area contributed by atoms with E-state index in [2.05, 4.69) is 15.7 Å². The normalized spacial score (nSPS) is 22.2. The lowest BCUT2D eigenvalue weighted by molar-refractivity contribution is 0.0806. The largest absolute Gasteiger partial charge is 0.378 e. The Morgan fingerprint density at radius 3 is 3.36 bits per heavy atom. The molecule has 1 aromatic heterocycles. The molecule has 1 unspecified atom stereocenters. The molecule has 2 N–H and O–H groups in total. The van der Waals surface area contributed by atoms with Crippen molar-refractivity contribution in [1.29, 1.82) is 0 Å². The van der Waals surface area contributed by atoms with E-state index in [1.807, 2.05) is 17.8 Å². The monoisotopic (exact) mass is 196 g/mol. The zero-order valence-electron chi connectivity index (χ0n) is 8.36. The number of anilines is 1. The van der Waals surface area contributed by atoms with Crippen molar-refractivity contribution < 1.29 is 4.74 Å². The van der Waals surface area contributed by atoms with Crippen LogP contribution in [0.3, 0.4) is 0 Å². The maximum absolute atomic E-state index is 5.36. The van der Waals surface area contributed by atoms with E-state index < -0.39 is 0 Å². The highest BCUT2D eigenvalue weighted by atomic mass is 16.5. The summed E-state index contributed by atoms with van der Waals surface area (Å²) in [6.45, 7) is 3.42. The molecule has 0 bridgehead atoms. The summed E-state index contributed by atoms with van der Waals surface area (Å²) >= 11 is 0. The minimum atomic E-state index is 0.402. The molecule has 78 valence electrons. The van der Waals surface area contributed by atoms with Gasteiger partial charge in [-0.05, 0) is 0 Å². The Morgan fingerprint density at radius 2 is 2.71 bits per heavy atom. The van der Waals surface area contributed by atoms with E-state index in [0.29, 0.717) is 6.04 Å². The van der Waals surface area contributed by atoms with E-state index in [4.69, 9.17) is 4.74 Å². The quantitative estimate of drug-likeness (QED) is 0.704. The molecule has 0 saturated carbocycles. The van der Waals surface area contributed by atoms with Gasteiger partial charge in [0.1, 0.15) is 5.82 Å². The highest BCUT2D eigenvalue weighted by Gasteiger charge is 2.12. The van der Waals surface area contributed by atoms with Crippen molar-refractivity contribution >= 4 is 5.82 Å². The molecule has 5 heteroatoms. The number of aryl methyl sites for hydroxylation is 1. The van der Waals surface area contributed by atoms with Crippen LogP contribution in [0.15, 0.2) is 12.3 Å². The van der Waals surface area contributed by atoms with Crippen LogP contribution in [0.5, 0.6) is 0 Å². The zero-order valence-corrected chi connectivity index (χ0v) is 8.36. The second-order valence-electron chi connectivity index (χ2n) is 3.45. The summed E-state index contributed by atoms with van der Waals surface area (Å²) in [7, 11) is 1.92. The molecule has 2 heterocycles. The Balaban J connectivity index is 1.79. The fourth-order valence-electron chi connectivity index (χ4n) is 1.53. The summed E-state index contributed by atoms with van der Waals surface area (Å²) in [5.41, 5.74) is 0. The summed E-state index contributed by atoms with van der Waals surface area (Å²) in [4.78, 5) is 0. The Hall–Kier alpha value is -1.07. The van der Waals surface area contributed by atoms with Crippen molar-refractivity contribution in [1.82, 2.24) is 15.1 Å². The molecule has 1 atom stereocenters. The van der Waals surface area contributed by atoms with Crippen LogP contribution in [0.1, 0.15) is 0 Å². The number of ether oxygens (including phenoxy) is 1. The topological polar surface area (TPSA) is 51.1 Å². The molecular weight excluding hydrogens is 180 g/mol. The minimum absolute atomic E-state index is 0.402. The lowest BCUT2D eigenvalue weighted by Crippen LogP contribution is -2.45. The van der Waals surface area contributed by atoms with Crippen LogP contribution in [0.2, 0.25) is 0 Å². The summed E-state index contributed by atoms with van der Waals surface area (Å²) in [6, 6.07) is 2.36. The van der Waals surface area contributed by atoms with Crippen LogP contribution in [-0.4, -0.2) is 42.1 Å². The standard InChI is InChI=1S/C9H16N4O/c1-13-9(2-3-12-13)11-6-8-7-14-5-4-10-8/h2-3,8,10-11H,4-7H2,1H3. The number of nitrogens with zero attached hydrogens (tertiary/aromatic N) is 2. The molecule has 0 spiro atoms. The van der Waals surface area contributed by atoms with Gasteiger partial charge in [0.05, 0.1) is 19.4 Å². The van der Waals surface area contributed by atoms with Gasteiger partial charge in [-0.15, -0.1) is 0 Å². The molecule has 0 aliphatic carbocycles. The minimum Gasteiger partial charge on any atom is -0.378 e. The molecule has 1 saturated heterocycles. The van der Waals surface area contributed by atoms with Crippen molar-refractivity contribution in [3.05, 3.63) is 12.3 Å². The van der Waals surface area contributed by atoms with Crippen molar-refractivity contribution in [2.75, 3.05) is 31.6 Å². The van der Waals surface area contributed by atoms with E-state index in [0.717, 1.165) is 32.1 Å². The van der Waals surface area contributed by atoms with E-state index in [1.54, 1.807) is 6.20 Å². The van der Waals surface area contributed by atoms with Gasteiger partial charge in [0.2, 0.25) is 0 Å². The van der Waals surface area contributed by atoms with Crippen LogP contribution in [0.25, 0.3) is 0 Å². The molecule has 0 radical (unpaired) electrons. The third-order valence-electron chi connectivity index (χ3n) is 2.35. The van der Waals surface area contributed by atoms with Gasteiger partial charge < -0.3 is 15.4 Å². The van der Waals surface area contributed by atoms with Crippen molar-refractivity contribution in [2.24, 2.45) is 7.05 Å². The molecule has 0 aromatic carbocycles. The smallest absolute Gasteiger partial charge is 0.123 e. The first-order chi connectivity index (χ1) is 6.86. The first-order valence-corrected chi connectivity index (χ1v) is 4.89. The summed E-state index contributed by atoms with van der Waals surface area (Å²) in [5, 5.41) is 10.8. The Morgan fingerprint density at radius 1 is 1.79 bits per heavy atom. The fourth-order valence-corrected chi connectivity index (χ4v) is 1.53. The third kappa shape index (κ3) is 2.24. The van der Waals surface area contributed by atoms with Gasteiger partial charge >= 0.3 is 0 Å². The van der Waals surface area contributed by atoms with Crippen LogP contribution in [0.4, 0.5) is 5.82 Å². The van der Waals surface area contributed by atoms with Crippen LogP contribution < -0.4 is 10.6 Å². The van der Waals surface area contributed by atoms with Gasteiger partial charge in [0.25, 0.3) is 0 Å². The number of nitrogens with one attached hydrogen (secondary N) is 2. The van der Waals surface area contributed by atoms with Crippen molar-refractivity contribution in [3.63, 3.8) is 0 Å². The van der Waals surface area contributed by atoms with Crippen molar-refractivity contribution in [3.8, 4) is 0 Å². The van der Waals surface area contributed by atoms with Gasteiger partial charge in [-0.1, -0.05) is 0 Å². The summed E-state index contributed by atoms with van der Waals surface area (Å²) in [5.74, 6) is 1.04. The van der Waals surface area contributed by atoms with Crippen LogP contribution in [0, 0.1) is 0 Å². The molecule has 5 nitrogen and oxygen atoms in total. The van der Waals surface area contributed by atoms with Crippen LogP contribution in [-0.2, 0) is 11.8 Å². The second-order valence-corrected chi connectivity index (χ2v) is 3.45. The molecule has 1 aliphatic rings. The Bertz CT molecular complexity index is 280.